The van der Waals surface area contributed by atoms with Crippen LogP contribution in [0.15, 0.2) is 18.2 Å². The Balaban J connectivity index is 2.44. The van der Waals surface area contributed by atoms with E-state index in [2.05, 4.69) is 5.32 Å². The summed E-state index contributed by atoms with van der Waals surface area (Å²) in [5.41, 5.74) is 1.93. The van der Waals surface area contributed by atoms with Crippen LogP contribution >= 0.6 is 0 Å². The first-order valence-corrected chi connectivity index (χ1v) is 7.07. The lowest BCUT2D eigenvalue weighted by atomic mass is 10.1. The van der Waals surface area contributed by atoms with Gasteiger partial charge < -0.3 is 15.2 Å². The number of rotatable bonds is 8. The van der Waals surface area contributed by atoms with E-state index >= 15 is 0 Å². The van der Waals surface area contributed by atoms with Crippen LogP contribution in [-0.2, 0) is 16.0 Å². The molecule has 5 heteroatoms. The molecule has 0 aliphatic rings. The number of carbonyl (C=O) groups excluding carboxylic acids is 1. The van der Waals surface area contributed by atoms with Gasteiger partial charge in [-0.2, -0.15) is 0 Å². The highest BCUT2D eigenvalue weighted by Crippen LogP contribution is 2.19. The fourth-order valence-electron chi connectivity index (χ4n) is 2.12. The van der Waals surface area contributed by atoms with Crippen molar-refractivity contribution in [1.29, 1.82) is 0 Å². The lowest BCUT2D eigenvalue weighted by Crippen LogP contribution is -2.33. The maximum atomic E-state index is 11.9. The number of benzene rings is 1. The highest BCUT2D eigenvalue weighted by Gasteiger charge is 2.10. The number of methoxy groups -OCH3 is 1. The molecule has 0 aliphatic heterocycles. The maximum absolute atomic E-state index is 11.9. The lowest BCUT2D eigenvalue weighted by Gasteiger charge is -2.14. The minimum Gasteiger partial charge on any atom is -0.496 e. The summed E-state index contributed by atoms with van der Waals surface area (Å²) in [5, 5.41) is 11.5. The van der Waals surface area contributed by atoms with Gasteiger partial charge >= 0.3 is 5.97 Å². The molecule has 1 aromatic carbocycles. The monoisotopic (exact) mass is 293 g/mol. The van der Waals surface area contributed by atoms with Gasteiger partial charge in [-0.1, -0.05) is 12.1 Å². The molecule has 1 amide bonds. The van der Waals surface area contributed by atoms with Gasteiger partial charge in [-0.25, -0.2) is 0 Å². The Morgan fingerprint density at radius 2 is 2.10 bits per heavy atom. The fraction of sp³-hybridized carbons (Fsp3) is 0.500. The molecule has 1 atom stereocenters. The Morgan fingerprint density at radius 3 is 2.71 bits per heavy atom. The molecule has 0 heterocycles. The van der Waals surface area contributed by atoms with Crippen molar-refractivity contribution in [2.75, 3.05) is 7.11 Å². The molecule has 0 saturated carbocycles. The number of hydrogen-bond acceptors (Lipinski definition) is 3. The number of carboxylic acid groups (broad SMARTS) is 1. The normalized spacial score (nSPS) is 11.8. The smallest absolute Gasteiger partial charge is 0.303 e. The van der Waals surface area contributed by atoms with Crippen LogP contribution in [0.25, 0.3) is 0 Å². The number of carboxylic acids is 1. The maximum Gasteiger partial charge on any atom is 0.303 e. The molecule has 1 unspecified atom stereocenters. The van der Waals surface area contributed by atoms with Crippen molar-refractivity contribution < 1.29 is 19.4 Å². The van der Waals surface area contributed by atoms with E-state index in [4.69, 9.17) is 9.84 Å². The van der Waals surface area contributed by atoms with E-state index in [-0.39, 0.29) is 18.4 Å². The molecule has 5 nitrogen and oxygen atoms in total. The van der Waals surface area contributed by atoms with Gasteiger partial charge in [-0.05, 0) is 43.9 Å². The first-order chi connectivity index (χ1) is 9.92. The number of nitrogens with one attached hydrogen (secondary N) is 1. The van der Waals surface area contributed by atoms with E-state index < -0.39 is 5.97 Å². The van der Waals surface area contributed by atoms with Crippen molar-refractivity contribution in [3.8, 4) is 5.75 Å². The third-order valence-electron chi connectivity index (χ3n) is 3.27. The molecule has 0 aliphatic carbocycles. The zero-order valence-electron chi connectivity index (χ0n) is 12.8. The third-order valence-corrected chi connectivity index (χ3v) is 3.27. The minimum absolute atomic E-state index is 0.0239. The van der Waals surface area contributed by atoms with Crippen LogP contribution in [0.5, 0.6) is 5.75 Å². The molecule has 0 aromatic heterocycles. The van der Waals surface area contributed by atoms with Gasteiger partial charge in [0.25, 0.3) is 0 Å². The third kappa shape index (κ3) is 6.29. The topological polar surface area (TPSA) is 75.6 Å². The zero-order chi connectivity index (χ0) is 15.8. The molecule has 0 spiro atoms. The summed E-state index contributed by atoms with van der Waals surface area (Å²) in [4.78, 5) is 22.4. The van der Waals surface area contributed by atoms with E-state index in [9.17, 15) is 9.59 Å². The Bertz CT molecular complexity index is 499. The molecular formula is C16H23NO4. The van der Waals surface area contributed by atoms with Gasteiger partial charge in [0.2, 0.25) is 5.91 Å². The van der Waals surface area contributed by atoms with E-state index in [1.165, 1.54) is 0 Å². The van der Waals surface area contributed by atoms with Gasteiger partial charge in [0.05, 0.1) is 13.5 Å². The Hall–Kier alpha value is -2.04. The van der Waals surface area contributed by atoms with E-state index in [0.29, 0.717) is 19.3 Å². The SMILES string of the molecule is COc1cc(CC(=O)NC(C)CCCC(=O)O)ccc1C. The molecule has 116 valence electrons. The molecule has 0 radical (unpaired) electrons. The van der Waals surface area contributed by atoms with Crippen molar-refractivity contribution >= 4 is 11.9 Å². The second-order valence-corrected chi connectivity index (χ2v) is 5.24. The first kappa shape index (κ1) is 17.0. The average Bonchev–Trinajstić information content (AvgIpc) is 2.40. The second kappa shape index (κ2) is 8.29. The van der Waals surface area contributed by atoms with Crippen LogP contribution in [0.2, 0.25) is 0 Å². The molecule has 0 saturated heterocycles. The van der Waals surface area contributed by atoms with Crippen LogP contribution in [0, 0.1) is 6.92 Å². The standard InChI is InChI=1S/C16H23NO4/c1-11-7-8-13(9-14(11)21-3)10-15(18)17-12(2)5-4-6-16(19)20/h7-9,12H,4-6,10H2,1-3H3,(H,17,18)(H,19,20). The van der Waals surface area contributed by atoms with Gasteiger partial charge in [0.1, 0.15) is 5.75 Å². The Labute approximate surface area is 125 Å². The summed E-state index contributed by atoms with van der Waals surface area (Å²) in [6.07, 6.45) is 1.65. The molecular weight excluding hydrogens is 270 g/mol. The van der Waals surface area contributed by atoms with Gasteiger partial charge in [-0.3, -0.25) is 9.59 Å². The number of aryl methyl sites for hydroxylation is 1. The quantitative estimate of drug-likeness (QED) is 0.771. The van der Waals surface area contributed by atoms with Crippen molar-refractivity contribution in [2.45, 2.75) is 45.6 Å². The summed E-state index contributed by atoms with van der Waals surface area (Å²) in [6, 6.07) is 5.68. The molecule has 0 fully saturated rings. The number of carbonyl (C=O) groups is 2. The summed E-state index contributed by atoms with van der Waals surface area (Å²) in [5.74, 6) is -0.0983. The average molecular weight is 293 g/mol. The van der Waals surface area contributed by atoms with Crippen molar-refractivity contribution in [3.05, 3.63) is 29.3 Å². The van der Waals surface area contributed by atoms with Crippen LogP contribution in [0.4, 0.5) is 0 Å². The number of hydrogen-bond donors (Lipinski definition) is 2. The predicted molar refractivity (Wildman–Crippen MR) is 80.5 cm³/mol. The summed E-state index contributed by atoms with van der Waals surface area (Å²) >= 11 is 0. The molecule has 1 rings (SSSR count). The largest absolute Gasteiger partial charge is 0.496 e. The van der Waals surface area contributed by atoms with Crippen molar-refractivity contribution in [1.82, 2.24) is 5.32 Å². The lowest BCUT2D eigenvalue weighted by molar-refractivity contribution is -0.137. The van der Waals surface area contributed by atoms with Gasteiger partial charge in [0, 0.05) is 12.5 Å². The summed E-state index contributed by atoms with van der Waals surface area (Å²) in [7, 11) is 1.61. The van der Waals surface area contributed by atoms with Crippen molar-refractivity contribution in [3.63, 3.8) is 0 Å². The molecule has 21 heavy (non-hydrogen) atoms. The Morgan fingerprint density at radius 1 is 1.38 bits per heavy atom. The van der Waals surface area contributed by atoms with Gasteiger partial charge in [-0.15, -0.1) is 0 Å². The van der Waals surface area contributed by atoms with E-state index in [1.54, 1.807) is 7.11 Å². The summed E-state index contributed by atoms with van der Waals surface area (Å²) in [6.45, 7) is 3.84. The zero-order valence-corrected chi connectivity index (χ0v) is 12.8. The predicted octanol–water partition coefficient (Wildman–Crippen LogP) is 2.31. The molecule has 2 N–H and O–H groups in total. The summed E-state index contributed by atoms with van der Waals surface area (Å²) < 4.78 is 5.24. The van der Waals surface area contributed by atoms with Crippen molar-refractivity contribution in [2.24, 2.45) is 0 Å². The van der Waals surface area contributed by atoms with Gasteiger partial charge in [0.15, 0.2) is 0 Å². The minimum atomic E-state index is -0.805. The molecule has 0 bridgehead atoms. The van der Waals surface area contributed by atoms with Crippen LogP contribution in [0.1, 0.15) is 37.3 Å². The second-order valence-electron chi connectivity index (χ2n) is 5.24. The molecule has 1 aromatic rings. The highest BCUT2D eigenvalue weighted by atomic mass is 16.5. The fourth-order valence-corrected chi connectivity index (χ4v) is 2.12. The van der Waals surface area contributed by atoms with Crippen LogP contribution < -0.4 is 10.1 Å². The number of aliphatic carboxylic acids is 1. The number of ether oxygens (including phenoxy) is 1. The Kier molecular flexibility index (Phi) is 6.72. The van der Waals surface area contributed by atoms with E-state index in [0.717, 1.165) is 16.9 Å². The van der Waals surface area contributed by atoms with E-state index in [1.807, 2.05) is 32.0 Å². The van der Waals surface area contributed by atoms with Crippen LogP contribution in [-0.4, -0.2) is 30.1 Å². The first-order valence-electron chi connectivity index (χ1n) is 7.07. The number of amides is 1. The highest BCUT2D eigenvalue weighted by molar-refractivity contribution is 5.79. The van der Waals surface area contributed by atoms with Crippen LogP contribution in [0.3, 0.4) is 0 Å².